The van der Waals surface area contributed by atoms with Gasteiger partial charge in [0.1, 0.15) is 12.4 Å². The van der Waals surface area contributed by atoms with Crippen LogP contribution in [0, 0.1) is 26.7 Å². The molecule has 1 aromatic rings. The third kappa shape index (κ3) is 4.48. The second-order valence-electron chi connectivity index (χ2n) is 6.18. The molecular weight excluding hydrogens is 262 g/mol. The highest BCUT2D eigenvalue weighted by Gasteiger charge is 2.20. The zero-order valence-electron chi connectivity index (χ0n) is 13.5. The largest absolute Gasteiger partial charge is 0.491 e. The minimum Gasteiger partial charge on any atom is -0.491 e. The van der Waals surface area contributed by atoms with Crippen LogP contribution in [0.4, 0.5) is 0 Å². The molecule has 0 atom stereocenters. The minimum atomic E-state index is 0.204. The van der Waals surface area contributed by atoms with Crippen LogP contribution in [0.3, 0.4) is 0 Å². The van der Waals surface area contributed by atoms with Crippen molar-refractivity contribution in [2.45, 2.75) is 52.9 Å². The molecule has 0 aliphatic heterocycles. The summed E-state index contributed by atoms with van der Waals surface area (Å²) in [7, 11) is 0. The van der Waals surface area contributed by atoms with E-state index in [0.29, 0.717) is 13.2 Å². The van der Waals surface area contributed by atoms with Crippen molar-refractivity contribution < 1.29 is 9.53 Å². The Kier molecular flexibility index (Phi) is 5.66. The van der Waals surface area contributed by atoms with E-state index in [0.717, 1.165) is 24.2 Å². The number of hydrogen-bond donors (Lipinski definition) is 1. The number of aryl methyl sites for hydroxylation is 3. The highest BCUT2D eigenvalue weighted by Crippen LogP contribution is 2.24. The summed E-state index contributed by atoms with van der Waals surface area (Å²) >= 11 is 0. The molecule has 1 aliphatic rings. The minimum absolute atomic E-state index is 0.204. The molecule has 1 saturated carbocycles. The van der Waals surface area contributed by atoms with Crippen LogP contribution in [0.1, 0.15) is 48.8 Å². The molecule has 0 aromatic heterocycles. The Morgan fingerprint density at radius 2 is 1.76 bits per heavy atom. The van der Waals surface area contributed by atoms with Crippen LogP contribution in [-0.4, -0.2) is 19.1 Å². The van der Waals surface area contributed by atoms with Crippen LogP contribution in [0.5, 0.6) is 5.75 Å². The number of ether oxygens (including phenoxy) is 1. The Morgan fingerprint density at radius 3 is 2.48 bits per heavy atom. The van der Waals surface area contributed by atoms with E-state index in [2.05, 4.69) is 38.2 Å². The average Bonchev–Trinajstić information content (AvgIpc) is 2.49. The summed E-state index contributed by atoms with van der Waals surface area (Å²) in [6, 6.07) is 4.22. The lowest BCUT2D eigenvalue weighted by atomic mass is 9.89. The second kappa shape index (κ2) is 7.48. The number of amides is 1. The summed E-state index contributed by atoms with van der Waals surface area (Å²) in [5.74, 6) is 1.35. The number of hydrogen-bond acceptors (Lipinski definition) is 2. The van der Waals surface area contributed by atoms with Crippen molar-refractivity contribution in [1.82, 2.24) is 5.32 Å². The topological polar surface area (TPSA) is 38.3 Å². The van der Waals surface area contributed by atoms with Gasteiger partial charge in [-0.2, -0.15) is 0 Å². The van der Waals surface area contributed by atoms with E-state index in [-0.39, 0.29) is 11.8 Å². The van der Waals surface area contributed by atoms with Gasteiger partial charge in [-0.05, 0) is 56.4 Å². The van der Waals surface area contributed by atoms with E-state index < -0.39 is 0 Å². The van der Waals surface area contributed by atoms with Crippen molar-refractivity contribution in [2.75, 3.05) is 13.2 Å². The van der Waals surface area contributed by atoms with Crippen LogP contribution in [0.15, 0.2) is 12.1 Å². The van der Waals surface area contributed by atoms with E-state index >= 15 is 0 Å². The first-order chi connectivity index (χ1) is 10.1. The van der Waals surface area contributed by atoms with Crippen molar-refractivity contribution in [2.24, 2.45) is 5.92 Å². The van der Waals surface area contributed by atoms with E-state index in [9.17, 15) is 4.79 Å². The third-order valence-corrected chi connectivity index (χ3v) is 4.43. The van der Waals surface area contributed by atoms with Gasteiger partial charge in [-0.1, -0.05) is 25.3 Å². The van der Waals surface area contributed by atoms with Gasteiger partial charge in [0.15, 0.2) is 0 Å². The first kappa shape index (κ1) is 15.9. The highest BCUT2D eigenvalue weighted by atomic mass is 16.5. The molecule has 0 saturated heterocycles. The van der Waals surface area contributed by atoms with Gasteiger partial charge in [0.25, 0.3) is 0 Å². The zero-order chi connectivity index (χ0) is 15.2. The maximum atomic E-state index is 12.0. The van der Waals surface area contributed by atoms with Crippen molar-refractivity contribution >= 4 is 5.91 Å². The van der Waals surface area contributed by atoms with Gasteiger partial charge < -0.3 is 10.1 Å². The monoisotopic (exact) mass is 289 g/mol. The molecule has 0 bridgehead atoms. The van der Waals surface area contributed by atoms with Crippen molar-refractivity contribution in [1.29, 1.82) is 0 Å². The van der Waals surface area contributed by atoms with Crippen molar-refractivity contribution in [3.8, 4) is 5.75 Å². The Labute approximate surface area is 128 Å². The molecule has 0 heterocycles. The molecule has 3 heteroatoms. The third-order valence-electron chi connectivity index (χ3n) is 4.43. The van der Waals surface area contributed by atoms with Crippen LogP contribution >= 0.6 is 0 Å². The van der Waals surface area contributed by atoms with E-state index in [4.69, 9.17) is 4.74 Å². The van der Waals surface area contributed by atoms with Crippen LogP contribution in [-0.2, 0) is 4.79 Å². The second-order valence-corrected chi connectivity index (χ2v) is 6.18. The number of nitrogens with one attached hydrogen (secondary N) is 1. The van der Waals surface area contributed by atoms with E-state index in [1.807, 2.05) is 0 Å². The summed E-state index contributed by atoms with van der Waals surface area (Å²) in [5.41, 5.74) is 3.67. The van der Waals surface area contributed by atoms with E-state index in [1.54, 1.807) is 0 Å². The molecule has 116 valence electrons. The first-order valence-corrected chi connectivity index (χ1v) is 8.06. The Hall–Kier alpha value is -1.51. The molecule has 2 rings (SSSR count). The standard InChI is InChI=1S/C18H27NO2/c1-13-11-15(3)17(12-14(13)2)21-10-9-19-18(20)16-7-5-4-6-8-16/h11-12,16H,4-10H2,1-3H3,(H,19,20). The first-order valence-electron chi connectivity index (χ1n) is 8.06. The van der Waals surface area contributed by atoms with Gasteiger partial charge >= 0.3 is 0 Å². The lowest BCUT2D eigenvalue weighted by Gasteiger charge is -2.20. The van der Waals surface area contributed by atoms with Gasteiger partial charge in [0.05, 0.1) is 6.54 Å². The lowest BCUT2D eigenvalue weighted by molar-refractivity contribution is -0.126. The van der Waals surface area contributed by atoms with Gasteiger partial charge in [0, 0.05) is 5.92 Å². The Bertz CT molecular complexity index is 490. The van der Waals surface area contributed by atoms with Gasteiger partial charge in [0.2, 0.25) is 5.91 Å². The zero-order valence-corrected chi connectivity index (χ0v) is 13.5. The normalized spacial score (nSPS) is 15.8. The predicted octanol–water partition coefficient (Wildman–Crippen LogP) is 3.69. The fourth-order valence-corrected chi connectivity index (χ4v) is 2.93. The summed E-state index contributed by atoms with van der Waals surface area (Å²) in [5, 5.41) is 3.00. The summed E-state index contributed by atoms with van der Waals surface area (Å²) in [4.78, 5) is 12.0. The fourth-order valence-electron chi connectivity index (χ4n) is 2.93. The smallest absolute Gasteiger partial charge is 0.223 e. The van der Waals surface area contributed by atoms with Crippen molar-refractivity contribution in [3.63, 3.8) is 0 Å². The molecule has 1 fully saturated rings. The average molecular weight is 289 g/mol. The molecule has 1 aliphatic carbocycles. The lowest BCUT2D eigenvalue weighted by Crippen LogP contribution is -2.34. The molecule has 0 spiro atoms. The molecule has 1 amide bonds. The highest BCUT2D eigenvalue weighted by molar-refractivity contribution is 5.78. The number of carbonyl (C=O) groups is 1. The van der Waals surface area contributed by atoms with Gasteiger partial charge in [-0.25, -0.2) is 0 Å². The summed E-state index contributed by atoms with van der Waals surface area (Å²) in [6.07, 6.45) is 5.75. The SMILES string of the molecule is Cc1cc(C)c(OCCNC(=O)C2CCCCC2)cc1C. The molecule has 1 N–H and O–H groups in total. The molecular formula is C18H27NO2. The van der Waals surface area contributed by atoms with Crippen LogP contribution in [0.25, 0.3) is 0 Å². The van der Waals surface area contributed by atoms with Crippen LogP contribution in [0.2, 0.25) is 0 Å². The molecule has 3 nitrogen and oxygen atoms in total. The summed E-state index contributed by atoms with van der Waals surface area (Å²) < 4.78 is 5.80. The predicted molar refractivity (Wildman–Crippen MR) is 85.7 cm³/mol. The fraction of sp³-hybridized carbons (Fsp3) is 0.611. The van der Waals surface area contributed by atoms with Crippen molar-refractivity contribution in [3.05, 3.63) is 28.8 Å². The maximum absolute atomic E-state index is 12.0. The molecule has 0 unspecified atom stereocenters. The molecule has 21 heavy (non-hydrogen) atoms. The number of benzene rings is 1. The number of rotatable bonds is 5. The maximum Gasteiger partial charge on any atom is 0.223 e. The van der Waals surface area contributed by atoms with E-state index in [1.165, 1.54) is 30.4 Å². The quantitative estimate of drug-likeness (QED) is 0.840. The molecule has 1 aromatic carbocycles. The summed E-state index contributed by atoms with van der Waals surface area (Å²) in [6.45, 7) is 7.37. The van der Waals surface area contributed by atoms with Crippen LogP contribution < -0.4 is 10.1 Å². The number of carbonyl (C=O) groups excluding carboxylic acids is 1. The Balaban J connectivity index is 1.74. The molecule has 0 radical (unpaired) electrons. The Morgan fingerprint density at radius 1 is 1.10 bits per heavy atom. The van der Waals surface area contributed by atoms with Gasteiger partial charge in [-0.3, -0.25) is 4.79 Å². The van der Waals surface area contributed by atoms with Gasteiger partial charge in [-0.15, -0.1) is 0 Å².